The zero-order valence-corrected chi connectivity index (χ0v) is 10.1. The molecule has 90 valence electrons. The van der Waals surface area contributed by atoms with Crippen molar-refractivity contribution in [3.63, 3.8) is 0 Å². The third kappa shape index (κ3) is 3.98. The minimum absolute atomic E-state index is 0.252. The van der Waals surface area contributed by atoms with Crippen LogP contribution in [0.5, 0.6) is 0 Å². The number of amides is 1. The maximum Gasteiger partial charge on any atom is 0.269 e. The SMILES string of the molecule is C=C.C=N/C(=C\C)c1cc(C(=O)NC)ncn1. The average molecular weight is 232 g/mol. The highest BCUT2D eigenvalue weighted by Gasteiger charge is 2.07. The highest BCUT2D eigenvalue weighted by Crippen LogP contribution is 2.12. The molecule has 0 atom stereocenters. The van der Waals surface area contributed by atoms with Gasteiger partial charge >= 0.3 is 0 Å². The fraction of sp³-hybridized carbons (Fsp3) is 0.167. The van der Waals surface area contributed by atoms with Crippen LogP contribution < -0.4 is 5.32 Å². The first-order chi connectivity index (χ1) is 8.22. The molecule has 0 aliphatic rings. The van der Waals surface area contributed by atoms with Crippen LogP contribution in [0.25, 0.3) is 5.70 Å². The van der Waals surface area contributed by atoms with Gasteiger partial charge in [0.15, 0.2) is 0 Å². The van der Waals surface area contributed by atoms with E-state index in [1.54, 1.807) is 19.2 Å². The van der Waals surface area contributed by atoms with Crippen LogP contribution in [0.4, 0.5) is 0 Å². The van der Waals surface area contributed by atoms with Crippen LogP contribution in [0.1, 0.15) is 23.1 Å². The molecule has 5 heteroatoms. The molecule has 1 amide bonds. The van der Waals surface area contributed by atoms with Gasteiger partial charge in [0.25, 0.3) is 5.91 Å². The molecule has 0 saturated heterocycles. The van der Waals surface area contributed by atoms with Crippen molar-refractivity contribution in [2.75, 3.05) is 7.05 Å². The maximum atomic E-state index is 11.3. The first-order valence-corrected chi connectivity index (χ1v) is 4.90. The molecule has 0 aliphatic carbocycles. The minimum Gasteiger partial charge on any atom is -0.354 e. The van der Waals surface area contributed by atoms with Crippen LogP contribution >= 0.6 is 0 Å². The molecule has 1 heterocycles. The third-order valence-electron chi connectivity index (χ3n) is 1.83. The van der Waals surface area contributed by atoms with E-state index >= 15 is 0 Å². The summed E-state index contributed by atoms with van der Waals surface area (Å²) in [5.74, 6) is -0.252. The Morgan fingerprint density at radius 1 is 1.41 bits per heavy atom. The Morgan fingerprint density at radius 2 is 2.00 bits per heavy atom. The van der Waals surface area contributed by atoms with Gasteiger partial charge in [-0.3, -0.25) is 9.79 Å². The molecule has 17 heavy (non-hydrogen) atoms. The summed E-state index contributed by atoms with van der Waals surface area (Å²) in [6, 6.07) is 1.57. The van der Waals surface area contributed by atoms with Gasteiger partial charge in [-0.1, -0.05) is 6.08 Å². The van der Waals surface area contributed by atoms with Gasteiger partial charge in [0, 0.05) is 7.05 Å². The minimum atomic E-state index is -0.252. The summed E-state index contributed by atoms with van der Waals surface area (Å²) in [4.78, 5) is 22.9. The Morgan fingerprint density at radius 3 is 2.47 bits per heavy atom. The normalized spacial score (nSPS) is 9.88. The maximum absolute atomic E-state index is 11.3. The summed E-state index contributed by atoms with van der Waals surface area (Å²) in [5, 5.41) is 2.49. The van der Waals surface area contributed by atoms with Crippen molar-refractivity contribution in [3.8, 4) is 0 Å². The molecule has 5 nitrogen and oxygen atoms in total. The van der Waals surface area contributed by atoms with Gasteiger partial charge < -0.3 is 5.32 Å². The number of rotatable bonds is 3. The van der Waals surface area contributed by atoms with Crippen molar-refractivity contribution >= 4 is 18.3 Å². The number of allylic oxidation sites excluding steroid dienone is 1. The highest BCUT2D eigenvalue weighted by atomic mass is 16.1. The first-order valence-electron chi connectivity index (χ1n) is 4.90. The second-order valence-electron chi connectivity index (χ2n) is 2.70. The molecule has 0 radical (unpaired) electrons. The molecule has 0 aromatic carbocycles. The number of carbonyl (C=O) groups is 1. The second kappa shape index (κ2) is 7.92. The molecule has 0 spiro atoms. The molecule has 0 aliphatic heterocycles. The molecule has 0 saturated carbocycles. The smallest absolute Gasteiger partial charge is 0.269 e. The van der Waals surface area contributed by atoms with Crippen molar-refractivity contribution in [2.24, 2.45) is 4.99 Å². The molecule has 1 rings (SSSR count). The van der Waals surface area contributed by atoms with E-state index in [-0.39, 0.29) is 5.91 Å². The molecular formula is C12H16N4O. The lowest BCUT2D eigenvalue weighted by Gasteiger charge is -2.02. The average Bonchev–Trinajstić information content (AvgIpc) is 2.42. The lowest BCUT2D eigenvalue weighted by molar-refractivity contribution is 0.0958. The van der Waals surface area contributed by atoms with Crippen LogP contribution in [-0.4, -0.2) is 29.6 Å². The van der Waals surface area contributed by atoms with Gasteiger partial charge in [-0.05, 0) is 19.7 Å². The Bertz CT molecular complexity index is 426. The summed E-state index contributed by atoms with van der Waals surface area (Å²) in [5.41, 5.74) is 1.52. The fourth-order valence-electron chi connectivity index (χ4n) is 1.07. The first kappa shape index (κ1) is 14.7. The van der Waals surface area contributed by atoms with Crippen molar-refractivity contribution in [3.05, 3.63) is 43.0 Å². The van der Waals surface area contributed by atoms with Crippen LogP contribution in [0.15, 0.2) is 36.6 Å². The van der Waals surface area contributed by atoms with Gasteiger partial charge in [-0.2, -0.15) is 0 Å². The molecular weight excluding hydrogens is 216 g/mol. The van der Waals surface area contributed by atoms with Crippen LogP contribution in [0, 0.1) is 0 Å². The van der Waals surface area contributed by atoms with Crippen molar-refractivity contribution in [1.82, 2.24) is 15.3 Å². The highest BCUT2D eigenvalue weighted by molar-refractivity contribution is 5.92. The van der Waals surface area contributed by atoms with Gasteiger partial charge in [0.1, 0.15) is 12.0 Å². The topological polar surface area (TPSA) is 67.2 Å². The van der Waals surface area contributed by atoms with Crippen LogP contribution in [-0.2, 0) is 0 Å². The molecule has 0 bridgehead atoms. The number of hydrogen-bond donors (Lipinski definition) is 1. The Hall–Kier alpha value is -2.30. The lowest BCUT2D eigenvalue weighted by atomic mass is 10.2. The Labute approximate surface area is 101 Å². The number of nitrogens with one attached hydrogen (secondary N) is 1. The van der Waals surface area contributed by atoms with Crippen molar-refractivity contribution in [2.45, 2.75) is 6.92 Å². The summed E-state index contributed by atoms with van der Waals surface area (Å²) < 4.78 is 0. The number of hydrogen-bond acceptors (Lipinski definition) is 4. The van der Waals surface area contributed by atoms with E-state index in [2.05, 4.69) is 40.2 Å². The summed E-state index contributed by atoms with van der Waals surface area (Å²) in [6.07, 6.45) is 3.09. The van der Waals surface area contributed by atoms with Crippen molar-refractivity contribution in [1.29, 1.82) is 0 Å². The van der Waals surface area contributed by atoms with E-state index in [1.165, 1.54) is 6.33 Å². The fourth-order valence-corrected chi connectivity index (χ4v) is 1.07. The summed E-state index contributed by atoms with van der Waals surface area (Å²) in [6.45, 7) is 11.2. The number of nitrogens with zero attached hydrogens (tertiary/aromatic N) is 3. The molecule has 1 N–H and O–H groups in total. The number of carbonyl (C=O) groups excluding carboxylic acids is 1. The quantitative estimate of drug-likeness (QED) is 0.637. The summed E-state index contributed by atoms with van der Waals surface area (Å²) in [7, 11) is 1.55. The van der Waals surface area contributed by atoms with Gasteiger partial charge in [0.2, 0.25) is 0 Å². The summed E-state index contributed by atoms with van der Waals surface area (Å²) >= 11 is 0. The zero-order valence-electron chi connectivity index (χ0n) is 10.1. The lowest BCUT2D eigenvalue weighted by Crippen LogP contribution is -2.19. The predicted octanol–water partition coefficient (Wildman–Crippen LogP) is 1.70. The largest absolute Gasteiger partial charge is 0.354 e. The van der Waals surface area contributed by atoms with Crippen molar-refractivity contribution < 1.29 is 4.79 Å². The number of aromatic nitrogens is 2. The van der Waals surface area contributed by atoms with Crippen LogP contribution in [0.3, 0.4) is 0 Å². The van der Waals surface area contributed by atoms with E-state index in [0.29, 0.717) is 17.1 Å². The number of aliphatic imine (C=N–C) groups is 1. The van der Waals surface area contributed by atoms with Gasteiger partial charge in [0.05, 0.1) is 11.4 Å². The second-order valence-corrected chi connectivity index (χ2v) is 2.70. The van der Waals surface area contributed by atoms with E-state index in [0.717, 1.165) is 0 Å². The van der Waals surface area contributed by atoms with Crippen LogP contribution in [0.2, 0.25) is 0 Å². The molecule has 0 unspecified atom stereocenters. The monoisotopic (exact) mass is 232 g/mol. The third-order valence-corrected chi connectivity index (χ3v) is 1.83. The van der Waals surface area contributed by atoms with E-state index in [1.807, 2.05) is 6.92 Å². The molecule has 0 fully saturated rings. The van der Waals surface area contributed by atoms with E-state index < -0.39 is 0 Å². The van der Waals surface area contributed by atoms with E-state index in [9.17, 15) is 4.79 Å². The zero-order chi connectivity index (χ0) is 13.3. The van der Waals surface area contributed by atoms with Gasteiger partial charge in [-0.15, -0.1) is 13.2 Å². The molecule has 1 aromatic rings. The van der Waals surface area contributed by atoms with E-state index in [4.69, 9.17) is 0 Å². The standard InChI is InChI=1S/C10H12N4O.C2H4/c1-4-7(11-2)8-5-9(10(15)12-3)14-6-13-8;1-2/h4-6H,2H2,1,3H3,(H,12,15);1-2H2/b7-4-;. The predicted molar refractivity (Wildman–Crippen MR) is 69.9 cm³/mol. The Kier molecular flexibility index (Phi) is 6.85. The molecule has 1 aromatic heterocycles. The Balaban J connectivity index is 0.00000121. The van der Waals surface area contributed by atoms with Gasteiger partial charge in [-0.25, -0.2) is 9.97 Å².